The van der Waals surface area contributed by atoms with Crippen LogP contribution < -0.4 is 9.64 Å². The summed E-state index contributed by atoms with van der Waals surface area (Å²) in [5.41, 5.74) is 2.15. The zero-order valence-electron chi connectivity index (χ0n) is 17.9. The maximum Gasteiger partial charge on any atom is 0.266 e. The average Bonchev–Trinajstić information content (AvgIpc) is 3.22. The summed E-state index contributed by atoms with van der Waals surface area (Å²) in [6, 6.07) is 11.2. The van der Waals surface area contributed by atoms with Crippen LogP contribution in [0, 0.1) is 0 Å². The minimum Gasteiger partial charge on any atom is -0.482 e. The van der Waals surface area contributed by atoms with Gasteiger partial charge in [0, 0.05) is 31.2 Å². The number of carbonyl (C=O) groups excluding carboxylic acids is 1. The van der Waals surface area contributed by atoms with Crippen LogP contribution in [0.4, 0.5) is 5.13 Å². The zero-order valence-corrected chi connectivity index (χ0v) is 20.2. The molecule has 6 nitrogen and oxygen atoms in total. The standard InChI is InChI=1S/C23H25Cl2N3O3S/c1-2-16-3-5-19-21(13-16)32-23(26-19)28(8-7-27-9-11-30-12-10-27)22(29)15-31-20-6-4-17(24)14-18(20)25/h3-6,13-14H,2,7-12,15H2,1H3. The van der Waals surface area contributed by atoms with Crippen LogP contribution in [-0.2, 0) is 16.0 Å². The summed E-state index contributed by atoms with van der Waals surface area (Å²) in [4.78, 5) is 22.0. The van der Waals surface area contributed by atoms with Crippen molar-refractivity contribution in [3.8, 4) is 5.75 Å². The van der Waals surface area contributed by atoms with Gasteiger partial charge in [0.15, 0.2) is 11.7 Å². The van der Waals surface area contributed by atoms with Gasteiger partial charge in [0.05, 0.1) is 28.5 Å². The normalized spacial score (nSPS) is 14.6. The molecule has 1 aliphatic heterocycles. The number of ether oxygens (including phenoxy) is 2. The van der Waals surface area contributed by atoms with Crippen molar-refractivity contribution in [3.05, 3.63) is 52.0 Å². The number of anilines is 1. The van der Waals surface area contributed by atoms with Crippen molar-refractivity contribution in [3.63, 3.8) is 0 Å². The Balaban J connectivity index is 1.52. The molecule has 0 unspecified atom stereocenters. The number of fused-ring (bicyclic) bond motifs is 1. The molecule has 170 valence electrons. The molecule has 1 amide bonds. The molecule has 0 aliphatic carbocycles. The number of hydrogen-bond donors (Lipinski definition) is 0. The highest BCUT2D eigenvalue weighted by Gasteiger charge is 2.22. The third kappa shape index (κ3) is 5.71. The molecule has 2 heterocycles. The molecule has 0 radical (unpaired) electrons. The Kier molecular flexibility index (Phi) is 7.86. The number of halogens is 2. The molecular formula is C23H25Cl2N3O3S. The zero-order chi connectivity index (χ0) is 22.5. The first-order chi connectivity index (χ1) is 15.5. The van der Waals surface area contributed by atoms with E-state index in [0.29, 0.717) is 40.7 Å². The van der Waals surface area contributed by atoms with Gasteiger partial charge >= 0.3 is 0 Å². The Morgan fingerprint density at radius 3 is 2.78 bits per heavy atom. The van der Waals surface area contributed by atoms with Gasteiger partial charge in [0.1, 0.15) is 5.75 Å². The monoisotopic (exact) mass is 493 g/mol. The van der Waals surface area contributed by atoms with Crippen LogP contribution in [-0.4, -0.2) is 61.8 Å². The summed E-state index contributed by atoms with van der Waals surface area (Å²) >= 11 is 13.7. The highest BCUT2D eigenvalue weighted by atomic mass is 35.5. The van der Waals surface area contributed by atoms with Gasteiger partial charge in [-0.15, -0.1) is 0 Å². The highest BCUT2D eigenvalue weighted by Crippen LogP contribution is 2.31. The average molecular weight is 494 g/mol. The molecule has 0 spiro atoms. The Hall–Kier alpha value is -1.90. The number of morpholine rings is 1. The fraction of sp³-hybridized carbons (Fsp3) is 0.391. The molecule has 0 N–H and O–H groups in total. The minimum atomic E-state index is -0.168. The molecule has 1 fully saturated rings. The molecule has 1 aliphatic rings. The van der Waals surface area contributed by atoms with Crippen LogP contribution in [0.15, 0.2) is 36.4 Å². The fourth-order valence-electron chi connectivity index (χ4n) is 3.50. The number of amides is 1. The van der Waals surface area contributed by atoms with E-state index in [1.807, 2.05) is 6.07 Å². The number of benzene rings is 2. The molecule has 9 heteroatoms. The van der Waals surface area contributed by atoms with Crippen LogP contribution in [0.5, 0.6) is 5.75 Å². The maximum atomic E-state index is 13.2. The van der Waals surface area contributed by atoms with Gasteiger partial charge in [-0.3, -0.25) is 14.6 Å². The predicted octanol–water partition coefficient (Wildman–Crippen LogP) is 4.91. The molecule has 2 aromatic carbocycles. The molecule has 1 aromatic heterocycles. The topological polar surface area (TPSA) is 54.9 Å². The Labute approximate surface area is 201 Å². The number of thiazole rings is 1. The van der Waals surface area contributed by atoms with Crippen molar-refractivity contribution in [2.75, 3.05) is 50.9 Å². The van der Waals surface area contributed by atoms with Crippen molar-refractivity contribution in [2.45, 2.75) is 13.3 Å². The summed E-state index contributed by atoms with van der Waals surface area (Å²) < 4.78 is 12.2. The highest BCUT2D eigenvalue weighted by molar-refractivity contribution is 7.22. The van der Waals surface area contributed by atoms with Gasteiger partial charge in [-0.1, -0.05) is 47.5 Å². The van der Waals surface area contributed by atoms with E-state index in [-0.39, 0.29) is 12.5 Å². The van der Waals surface area contributed by atoms with E-state index in [4.69, 9.17) is 37.7 Å². The van der Waals surface area contributed by atoms with E-state index in [2.05, 4.69) is 24.0 Å². The number of aryl methyl sites for hydroxylation is 1. The Bertz CT molecular complexity index is 1090. The van der Waals surface area contributed by atoms with Crippen LogP contribution in [0.1, 0.15) is 12.5 Å². The molecule has 4 rings (SSSR count). The fourth-order valence-corrected chi connectivity index (χ4v) is 5.03. The molecule has 0 atom stereocenters. The molecule has 0 saturated carbocycles. The third-order valence-electron chi connectivity index (χ3n) is 5.37. The number of carbonyl (C=O) groups is 1. The van der Waals surface area contributed by atoms with Crippen LogP contribution in [0.2, 0.25) is 10.0 Å². The van der Waals surface area contributed by atoms with Crippen LogP contribution in [0.25, 0.3) is 10.2 Å². The summed E-state index contributed by atoms with van der Waals surface area (Å²) in [7, 11) is 0. The smallest absolute Gasteiger partial charge is 0.266 e. The van der Waals surface area contributed by atoms with Gasteiger partial charge in [-0.25, -0.2) is 4.98 Å². The predicted molar refractivity (Wildman–Crippen MR) is 131 cm³/mol. The molecular weight excluding hydrogens is 469 g/mol. The second kappa shape index (κ2) is 10.8. The molecule has 0 bridgehead atoms. The largest absolute Gasteiger partial charge is 0.482 e. The van der Waals surface area contributed by atoms with Crippen LogP contribution >= 0.6 is 34.5 Å². The van der Waals surface area contributed by atoms with Gasteiger partial charge in [0.25, 0.3) is 5.91 Å². The summed E-state index contributed by atoms with van der Waals surface area (Å²) in [5, 5.41) is 1.57. The first-order valence-electron chi connectivity index (χ1n) is 10.6. The second-order valence-corrected chi connectivity index (χ2v) is 9.37. The summed E-state index contributed by atoms with van der Waals surface area (Å²) in [6.45, 7) is 6.41. The second-order valence-electron chi connectivity index (χ2n) is 7.51. The number of rotatable bonds is 8. The maximum absolute atomic E-state index is 13.2. The molecule has 32 heavy (non-hydrogen) atoms. The lowest BCUT2D eigenvalue weighted by Gasteiger charge is -2.29. The van der Waals surface area contributed by atoms with E-state index < -0.39 is 0 Å². The van der Waals surface area contributed by atoms with Gasteiger partial charge in [-0.2, -0.15) is 0 Å². The van der Waals surface area contributed by atoms with Crippen molar-refractivity contribution in [1.82, 2.24) is 9.88 Å². The third-order valence-corrected chi connectivity index (χ3v) is 6.94. The number of aromatic nitrogens is 1. The minimum absolute atomic E-state index is 0.138. The molecule has 3 aromatic rings. The van der Waals surface area contributed by atoms with Crippen LogP contribution in [0.3, 0.4) is 0 Å². The van der Waals surface area contributed by atoms with Gasteiger partial charge < -0.3 is 9.47 Å². The number of nitrogens with zero attached hydrogens (tertiary/aromatic N) is 3. The van der Waals surface area contributed by atoms with E-state index in [0.717, 1.165) is 36.3 Å². The van der Waals surface area contributed by atoms with E-state index >= 15 is 0 Å². The van der Waals surface area contributed by atoms with E-state index in [1.54, 1.807) is 23.1 Å². The lowest BCUT2D eigenvalue weighted by atomic mass is 10.2. The van der Waals surface area contributed by atoms with Gasteiger partial charge in [-0.05, 0) is 42.3 Å². The molecule has 1 saturated heterocycles. The van der Waals surface area contributed by atoms with Gasteiger partial charge in [0.2, 0.25) is 0 Å². The Morgan fingerprint density at radius 2 is 2.03 bits per heavy atom. The summed E-state index contributed by atoms with van der Waals surface area (Å²) in [6.07, 6.45) is 0.957. The first-order valence-corrected chi connectivity index (χ1v) is 12.2. The first kappa shape index (κ1) is 23.3. The van der Waals surface area contributed by atoms with Crippen molar-refractivity contribution in [1.29, 1.82) is 0 Å². The van der Waals surface area contributed by atoms with Crippen molar-refractivity contribution < 1.29 is 14.3 Å². The van der Waals surface area contributed by atoms with Crippen molar-refractivity contribution in [2.24, 2.45) is 0 Å². The summed E-state index contributed by atoms with van der Waals surface area (Å²) in [5.74, 6) is 0.258. The SMILES string of the molecule is CCc1ccc2nc(N(CCN3CCOCC3)C(=O)COc3ccc(Cl)cc3Cl)sc2c1. The Morgan fingerprint density at radius 1 is 1.22 bits per heavy atom. The van der Waals surface area contributed by atoms with E-state index in [9.17, 15) is 4.79 Å². The lowest BCUT2D eigenvalue weighted by molar-refractivity contribution is -0.120. The lowest BCUT2D eigenvalue weighted by Crippen LogP contribution is -2.44. The van der Waals surface area contributed by atoms with Crippen molar-refractivity contribution >= 4 is 55.8 Å². The number of hydrogen-bond acceptors (Lipinski definition) is 6. The van der Waals surface area contributed by atoms with E-state index in [1.165, 1.54) is 16.9 Å². The quantitative estimate of drug-likeness (QED) is 0.446.